The lowest BCUT2D eigenvalue weighted by molar-refractivity contribution is -0.140. The third-order valence-electron chi connectivity index (χ3n) is 5.95. The van der Waals surface area contributed by atoms with Gasteiger partial charge in [0, 0.05) is 12.6 Å². The predicted molar refractivity (Wildman–Crippen MR) is 137 cm³/mol. The summed E-state index contributed by atoms with van der Waals surface area (Å²) < 4.78 is 40.0. The Labute approximate surface area is 208 Å². The molecule has 2 atom stereocenters. The lowest BCUT2D eigenvalue weighted by Crippen LogP contribution is -2.53. The van der Waals surface area contributed by atoms with E-state index in [1.165, 1.54) is 17.0 Å². The summed E-state index contributed by atoms with van der Waals surface area (Å²) in [6.45, 7) is 8.88. The number of halogens is 1. The zero-order valence-electron chi connectivity index (χ0n) is 21.3. The number of rotatable bonds is 11. The quantitative estimate of drug-likeness (QED) is 0.501. The van der Waals surface area contributed by atoms with Gasteiger partial charge in [0.1, 0.15) is 18.4 Å². The SMILES string of the molecule is CC[C@@H](C)NC(=O)[C@@H](CC)N(Cc1ccc(F)cc1)C(=O)CN(c1ccc(C)cc1C)S(C)(=O)=O. The maximum absolute atomic E-state index is 13.6. The van der Waals surface area contributed by atoms with Gasteiger partial charge in [-0.15, -0.1) is 0 Å². The van der Waals surface area contributed by atoms with Gasteiger partial charge in [0.05, 0.1) is 11.9 Å². The summed E-state index contributed by atoms with van der Waals surface area (Å²) in [5, 5.41) is 2.92. The topological polar surface area (TPSA) is 86.8 Å². The first-order valence-electron chi connectivity index (χ1n) is 11.8. The fourth-order valence-corrected chi connectivity index (χ4v) is 4.73. The van der Waals surface area contributed by atoms with Gasteiger partial charge in [0.15, 0.2) is 0 Å². The number of sulfonamides is 1. The highest BCUT2D eigenvalue weighted by Gasteiger charge is 2.32. The minimum absolute atomic E-state index is 0.0377. The van der Waals surface area contributed by atoms with Crippen molar-refractivity contribution < 1.29 is 22.4 Å². The number of hydrogen-bond donors (Lipinski definition) is 1. The normalized spacial score (nSPS) is 13.1. The maximum atomic E-state index is 13.6. The Kier molecular flexibility index (Phi) is 9.82. The van der Waals surface area contributed by atoms with E-state index in [4.69, 9.17) is 0 Å². The largest absolute Gasteiger partial charge is 0.352 e. The van der Waals surface area contributed by atoms with Crippen molar-refractivity contribution in [3.05, 3.63) is 65.0 Å². The second-order valence-electron chi connectivity index (χ2n) is 8.95. The van der Waals surface area contributed by atoms with Crippen molar-refractivity contribution in [1.29, 1.82) is 0 Å². The van der Waals surface area contributed by atoms with E-state index in [0.29, 0.717) is 17.7 Å². The molecule has 0 bridgehead atoms. The molecule has 0 saturated carbocycles. The van der Waals surface area contributed by atoms with Gasteiger partial charge >= 0.3 is 0 Å². The van der Waals surface area contributed by atoms with E-state index in [0.717, 1.165) is 28.1 Å². The molecule has 0 aromatic heterocycles. The summed E-state index contributed by atoms with van der Waals surface area (Å²) >= 11 is 0. The van der Waals surface area contributed by atoms with E-state index in [2.05, 4.69) is 5.32 Å². The van der Waals surface area contributed by atoms with E-state index in [1.54, 1.807) is 38.1 Å². The molecule has 2 aromatic carbocycles. The third kappa shape index (κ3) is 7.78. The van der Waals surface area contributed by atoms with Crippen molar-refractivity contribution in [3.63, 3.8) is 0 Å². The van der Waals surface area contributed by atoms with Gasteiger partial charge in [0.25, 0.3) is 0 Å². The second kappa shape index (κ2) is 12.2. The first-order chi connectivity index (χ1) is 16.4. The first-order valence-corrected chi connectivity index (χ1v) is 13.6. The molecule has 0 aliphatic rings. The van der Waals surface area contributed by atoms with E-state index >= 15 is 0 Å². The Hall–Kier alpha value is -2.94. The Morgan fingerprint density at radius 2 is 1.66 bits per heavy atom. The Morgan fingerprint density at radius 1 is 1.03 bits per heavy atom. The van der Waals surface area contributed by atoms with E-state index in [1.807, 2.05) is 26.8 Å². The van der Waals surface area contributed by atoms with Gasteiger partial charge in [-0.3, -0.25) is 13.9 Å². The molecule has 0 fully saturated rings. The number of aryl methyl sites for hydroxylation is 2. The van der Waals surface area contributed by atoms with Crippen molar-refractivity contribution in [1.82, 2.24) is 10.2 Å². The number of amides is 2. The molecule has 0 aliphatic heterocycles. The van der Waals surface area contributed by atoms with Crippen molar-refractivity contribution in [3.8, 4) is 0 Å². The minimum atomic E-state index is -3.80. The molecule has 2 rings (SSSR count). The van der Waals surface area contributed by atoms with Crippen LogP contribution in [-0.4, -0.2) is 50.0 Å². The summed E-state index contributed by atoms with van der Waals surface area (Å²) in [6.07, 6.45) is 2.11. The van der Waals surface area contributed by atoms with Crippen LogP contribution in [0.3, 0.4) is 0 Å². The average Bonchev–Trinajstić information content (AvgIpc) is 2.78. The van der Waals surface area contributed by atoms with Crippen molar-refractivity contribution in [2.24, 2.45) is 0 Å². The number of anilines is 1. The van der Waals surface area contributed by atoms with E-state index < -0.39 is 34.3 Å². The molecule has 35 heavy (non-hydrogen) atoms. The van der Waals surface area contributed by atoms with Crippen LogP contribution in [0.4, 0.5) is 10.1 Å². The molecular weight excluding hydrogens is 469 g/mol. The molecular formula is C26H36FN3O4S. The summed E-state index contributed by atoms with van der Waals surface area (Å²) in [7, 11) is -3.80. The molecule has 1 N–H and O–H groups in total. The number of carbonyl (C=O) groups is 2. The summed E-state index contributed by atoms with van der Waals surface area (Å²) in [4.78, 5) is 28.1. The summed E-state index contributed by atoms with van der Waals surface area (Å²) in [6, 6.07) is 10.1. The molecule has 192 valence electrons. The molecule has 0 unspecified atom stereocenters. The number of benzene rings is 2. The number of nitrogens with one attached hydrogen (secondary N) is 1. The van der Waals surface area contributed by atoms with Crippen LogP contribution in [0.25, 0.3) is 0 Å². The summed E-state index contributed by atoms with van der Waals surface area (Å²) in [5.41, 5.74) is 2.73. The van der Waals surface area contributed by atoms with Crippen molar-refractivity contribution >= 4 is 27.5 Å². The maximum Gasteiger partial charge on any atom is 0.244 e. The van der Waals surface area contributed by atoms with Gasteiger partial charge in [-0.1, -0.05) is 43.7 Å². The van der Waals surface area contributed by atoms with Gasteiger partial charge < -0.3 is 10.2 Å². The molecule has 2 aromatic rings. The van der Waals surface area contributed by atoms with Gasteiger partial charge in [-0.25, -0.2) is 12.8 Å². The van der Waals surface area contributed by atoms with Gasteiger partial charge in [-0.2, -0.15) is 0 Å². The van der Waals surface area contributed by atoms with Crippen LogP contribution in [0.2, 0.25) is 0 Å². The zero-order chi connectivity index (χ0) is 26.3. The zero-order valence-corrected chi connectivity index (χ0v) is 22.2. The number of carbonyl (C=O) groups excluding carboxylic acids is 2. The van der Waals surface area contributed by atoms with Crippen LogP contribution in [-0.2, 0) is 26.2 Å². The molecule has 0 heterocycles. The fourth-order valence-electron chi connectivity index (χ4n) is 3.83. The molecule has 9 heteroatoms. The van der Waals surface area contributed by atoms with Gasteiger partial charge in [-0.05, 0) is 62.9 Å². The number of nitrogens with zero attached hydrogens (tertiary/aromatic N) is 2. The lowest BCUT2D eigenvalue weighted by Gasteiger charge is -2.33. The summed E-state index contributed by atoms with van der Waals surface area (Å²) in [5.74, 6) is -1.24. The van der Waals surface area contributed by atoms with Crippen LogP contribution in [0.15, 0.2) is 42.5 Å². The molecule has 7 nitrogen and oxygen atoms in total. The van der Waals surface area contributed by atoms with Crippen LogP contribution in [0.1, 0.15) is 50.3 Å². The fraction of sp³-hybridized carbons (Fsp3) is 0.462. The van der Waals surface area contributed by atoms with Crippen LogP contribution in [0, 0.1) is 19.7 Å². The van der Waals surface area contributed by atoms with E-state index in [-0.39, 0.29) is 18.5 Å². The third-order valence-corrected chi connectivity index (χ3v) is 7.08. The molecule has 0 radical (unpaired) electrons. The highest BCUT2D eigenvalue weighted by Crippen LogP contribution is 2.24. The lowest BCUT2D eigenvalue weighted by atomic mass is 10.1. The second-order valence-corrected chi connectivity index (χ2v) is 10.9. The molecule has 0 aliphatic carbocycles. The van der Waals surface area contributed by atoms with Crippen LogP contribution < -0.4 is 9.62 Å². The van der Waals surface area contributed by atoms with E-state index in [9.17, 15) is 22.4 Å². The predicted octanol–water partition coefficient (Wildman–Crippen LogP) is 3.93. The Morgan fingerprint density at radius 3 is 2.17 bits per heavy atom. The van der Waals surface area contributed by atoms with Crippen molar-refractivity contribution in [2.45, 2.75) is 66.1 Å². The van der Waals surface area contributed by atoms with Crippen LogP contribution >= 0.6 is 0 Å². The van der Waals surface area contributed by atoms with Crippen molar-refractivity contribution in [2.75, 3.05) is 17.1 Å². The smallest absolute Gasteiger partial charge is 0.244 e. The Balaban J connectivity index is 2.46. The highest BCUT2D eigenvalue weighted by molar-refractivity contribution is 7.92. The highest BCUT2D eigenvalue weighted by atomic mass is 32.2. The molecule has 2 amide bonds. The molecule has 0 saturated heterocycles. The van der Waals surface area contributed by atoms with Gasteiger partial charge in [0.2, 0.25) is 21.8 Å². The monoisotopic (exact) mass is 505 g/mol. The first kappa shape index (κ1) is 28.3. The Bertz CT molecular complexity index is 1140. The average molecular weight is 506 g/mol. The van der Waals surface area contributed by atoms with Crippen LogP contribution in [0.5, 0.6) is 0 Å². The number of hydrogen-bond acceptors (Lipinski definition) is 4. The minimum Gasteiger partial charge on any atom is -0.352 e. The standard InChI is InChI=1S/C26H36FN3O4S/c1-7-20(5)28-26(32)23(8-2)29(16-21-10-12-22(27)13-11-21)25(31)17-30(35(6,33)34)24-14-9-18(3)15-19(24)4/h9-15,20,23H,7-8,16-17H2,1-6H3,(H,28,32)/t20-,23-/m1/s1. The molecule has 0 spiro atoms.